The summed E-state index contributed by atoms with van der Waals surface area (Å²) in [4.78, 5) is 0. The topological polar surface area (TPSA) is 71.4 Å². The molecule has 1 fully saturated rings. The van der Waals surface area contributed by atoms with E-state index in [9.17, 15) is 15.8 Å². The third-order valence-corrected chi connectivity index (χ3v) is 6.91. The molecule has 0 spiro atoms. The van der Waals surface area contributed by atoms with Gasteiger partial charge in [-0.1, -0.05) is 103 Å². The first-order valence-electron chi connectivity index (χ1n) is 12.2. The summed E-state index contributed by atoms with van der Waals surface area (Å²) in [5, 5.41) is 35.2. The van der Waals surface area contributed by atoms with Crippen molar-refractivity contribution in [1.82, 2.24) is 0 Å². The molecule has 5 aromatic carbocycles. The number of benzene rings is 5. The van der Waals surface area contributed by atoms with E-state index in [-0.39, 0.29) is 0 Å². The number of hydrogen-bond donors (Lipinski definition) is 0. The Morgan fingerprint density at radius 1 is 0.368 bits per heavy atom. The Balaban J connectivity index is 1.66. The molecule has 0 bridgehead atoms. The van der Waals surface area contributed by atoms with Gasteiger partial charge in [0, 0.05) is 16.7 Å². The fraction of sp³-hybridized carbons (Fsp3) is 0. The van der Waals surface area contributed by atoms with E-state index in [1.807, 2.05) is 115 Å². The van der Waals surface area contributed by atoms with Gasteiger partial charge in [-0.05, 0) is 50.4 Å². The van der Waals surface area contributed by atoms with E-state index in [4.69, 9.17) is 0 Å². The predicted octanol–water partition coefficient (Wildman–Crippen LogP) is 8.24. The molecule has 6 rings (SSSR count). The van der Waals surface area contributed by atoms with Crippen molar-refractivity contribution in [2.75, 3.05) is 0 Å². The van der Waals surface area contributed by atoms with Gasteiger partial charge in [0.05, 0.1) is 16.7 Å². The minimum absolute atomic E-state index is 0.456. The summed E-state index contributed by atoms with van der Waals surface area (Å²) in [5.41, 5.74) is 5.62. The molecule has 0 N–H and O–H groups in total. The predicted molar refractivity (Wildman–Crippen MR) is 152 cm³/mol. The summed E-state index contributed by atoms with van der Waals surface area (Å²) in [6.45, 7) is 0. The molecule has 0 amide bonds. The first-order valence-corrected chi connectivity index (χ1v) is 12.2. The van der Waals surface area contributed by atoms with Crippen molar-refractivity contribution >= 4 is 38.3 Å². The fourth-order valence-corrected chi connectivity index (χ4v) is 5.03. The molecule has 0 unspecified atom stereocenters. The van der Waals surface area contributed by atoms with Gasteiger partial charge in [-0.15, -0.1) is 0 Å². The first-order chi connectivity index (χ1) is 18.7. The van der Waals surface area contributed by atoms with Crippen molar-refractivity contribution in [3.05, 3.63) is 149 Å². The standard InChI is InChI=1S/C35H19N3/c36-20-30(25-10-2-1-3-11-25)33-34(31(21-37)28-16-14-23-8-4-6-12-26(23)18-28)35(33)32(22-38)29-17-15-24-9-5-7-13-27(24)19-29/h1-19H. The minimum atomic E-state index is 0.456. The third-order valence-electron chi connectivity index (χ3n) is 6.91. The van der Waals surface area contributed by atoms with Gasteiger partial charge in [0.1, 0.15) is 18.2 Å². The zero-order valence-electron chi connectivity index (χ0n) is 20.3. The molecular weight excluding hydrogens is 462 g/mol. The molecule has 5 aromatic rings. The van der Waals surface area contributed by atoms with E-state index in [1.165, 1.54) is 0 Å². The maximum Gasteiger partial charge on any atom is 0.100 e. The van der Waals surface area contributed by atoms with Crippen LogP contribution in [0, 0.1) is 34.0 Å². The lowest BCUT2D eigenvalue weighted by Gasteiger charge is -2.03. The van der Waals surface area contributed by atoms with Crippen LogP contribution in [-0.2, 0) is 0 Å². The average Bonchev–Trinajstić information content (AvgIpc) is 3.68. The van der Waals surface area contributed by atoms with Crippen molar-refractivity contribution in [3.8, 4) is 18.2 Å². The highest BCUT2D eigenvalue weighted by Gasteiger charge is 2.41. The van der Waals surface area contributed by atoms with Crippen molar-refractivity contribution in [1.29, 1.82) is 15.8 Å². The molecule has 1 saturated carbocycles. The van der Waals surface area contributed by atoms with Crippen LogP contribution in [-0.4, -0.2) is 0 Å². The molecule has 0 aliphatic heterocycles. The summed E-state index contributed by atoms with van der Waals surface area (Å²) < 4.78 is 0. The van der Waals surface area contributed by atoms with Gasteiger partial charge in [0.25, 0.3) is 0 Å². The second-order valence-corrected chi connectivity index (χ2v) is 9.08. The van der Waals surface area contributed by atoms with Gasteiger partial charge in [-0.2, -0.15) is 15.8 Å². The summed E-state index contributed by atoms with van der Waals surface area (Å²) in [6, 6.07) is 44.4. The highest BCUT2D eigenvalue weighted by atomic mass is 14.4. The summed E-state index contributed by atoms with van der Waals surface area (Å²) in [6.07, 6.45) is 0. The summed E-state index contributed by atoms with van der Waals surface area (Å²) >= 11 is 0. The zero-order chi connectivity index (χ0) is 26.1. The molecule has 0 saturated heterocycles. The van der Waals surface area contributed by atoms with Crippen LogP contribution in [0.4, 0.5) is 0 Å². The van der Waals surface area contributed by atoms with Gasteiger partial charge < -0.3 is 0 Å². The van der Waals surface area contributed by atoms with Crippen LogP contribution >= 0.6 is 0 Å². The Kier molecular flexibility index (Phi) is 5.63. The Hall–Kier alpha value is -5.69. The molecule has 0 radical (unpaired) electrons. The Morgan fingerprint density at radius 2 is 0.737 bits per heavy atom. The van der Waals surface area contributed by atoms with Crippen LogP contribution in [0.25, 0.3) is 38.3 Å². The highest BCUT2D eigenvalue weighted by Crippen LogP contribution is 2.56. The maximum atomic E-state index is 10.4. The molecule has 0 atom stereocenters. The van der Waals surface area contributed by atoms with Crippen LogP contribution in [0.15, 0.2) is 132 Å². The Labute approximate surface area is 220 Å². The van der Waals surface area contributed by atoms with E-state index in [0.717, 1.165) is 38.2 Å². The van der Waals surface area contributed by atoms with Gasteiger partial charge >= 0.3 is 0 Å². The SMILES string of the molecule is N#CC(=C1C(=C(C#N)c2ccc3ccccc3c2)C1=C(C#N)c1ccc2ccccc2c1)c1ccccc1. The number of fused-ring (bicyclic) bond motifs is 2. The number of hydrogen-bond acceptors (Lipinski definition) is 3. The molecule has 174 valence electrons. The quantitative estimate of drug-likeness (QED) is 0.244. The number of nitriles is 3. The van der Waals surface area contributed by atoms with Crippen LogP contribution in [0.3, 0.4) is 0 Å². The number of nitrogens with zero attached hydrogens (tertiary/aromatic N) is 3. The van der Waals surface area contributed by atoms with E-state index in [0.29, 0.717) is 33.4 Å². The van der Waals surface area contributed by atoms with E-state index in [2.05, 4.69) is 18.2 Å². The number of allylic oxidation sites excluding steroid dienone is 6. The molecule has 3 nitrogen and oxygen atoms in total. The Bertz CT molecular complexity index is 1870. The smallest absolute Gasteiger partial charge is 0.100 e. The molecule has 3 heteroatoms. The van der Waals surface area contributed by atoms with Crippen LogP contribution in [0.5, 0.6) is 0 Å². The zero-order valence-corrected chi connectivity index (χ0v) is 20.3. The van der Waals surface area contributed by atoms with Crippen LogP contribution in [0.1, 0.15) is 16.7 Å². The van der Waals surface area contributed by atoms with Gasteiger partial charge in [0.15, 0.2) is 0 Å². The van der Waals surface area contributed by atoms with E-state index in [1.54, 1.807) is 0 Å². The third kappa shape index (κ3) is 3.84. The first kappa shape index (κ1) is 22.8. The van der Waals surface area contributed by atoms with Gasteiger partial charge in [0.2, 0.25) is 0 Å². The second-order valence-electron chi connectivity index (χ2n) is 9.08. The van der Waals surface area contributed by atoms with E-state index >= 15 is 0 Å². The van der Waals surface area contributed by atoms with Crippen LogP contribution in [0.2, 0.25) is 0 Å². The average molecular weight is 482 g/mol. The normalized spacial score (nSPS) is 14.8. The van der Waals surface area contributed by atoms with Crippen molar-refractivity contribution in [3.63, 3.8) is 0 Å². The maximum absolute atomic E-state index is 10.4. The minimum Gasteiger partial charge on any atom is -0.192 e. The summed E-state index contributed by atoms with van der Waals surface area (Å²) in [7, 11) is 0. The molecule has 0 heterocycles. The molecule has 1 aliphatic rings. The summed E-state index contributed by atoms with van der Waals surface area (Å²) in [5.74, 6) is 0. The van der Waals surface area contributed by atoms with Crippen molar-refractivity contribution < 1.29 is 0 Å². The fourth-order valence-electron chi connectivity index (χ4n) is 5.03. The Morgan fingerprint density at radius 3 is 1.16 bits per heavy atom. The molecular formula is C35H19N3. The monoisotopic (exact) mass is 481 g/mol. The lowest BCUT2D eigenvalue weighted by Crippen LogP contribution is -1.84. The largest absolute Gasteiger partial charge is 0.192 e. The van der Waals surface area contributed by atoms with Crippen molar-refractivity contribution in [2.45, 2.75) is 0 Å². The lowest BCUT2D eigenvalue weighted by atomic mass is 9.99. The highest BCUT2D eigenvalue weighted by molar-refractivity contribution is 6.12. The van der Waals surface area contributed by atoms with Gasteiger partial charge in [-0.25, -0.2) is 0 Å². The van der Waals surface area contributed by atoms with Gasteiger partial charge in [-0.3, -0.25) is 0 Å². The second kappa shape index (κ2) is 9.40. The molecule has 38 heavy (non-hydrogen) atoms. The molecule has 0 aromatic heterocycles. The van der Waals surface area contributed by atoms with Crippen molar-refractivity contribution in [2.24, 2.45) is 0 Å². The number of rotatable bonds is 3. The lowest BCUT2D eigenvalue weighted by molar-refractivity contribution is 1.51. The van der Waals surface area contributed by atoms with Crippen LogP contribution < -0.4 is 0 Å². The molecule has 1 aliphatic carbocycles. The van der Waals surface area contributed by atoms with E-state index < -0.39 is 0 Å².